The molecule has 1 amide bonds. The monoisotopic (exact) mass is 317 g/mol. The highest BCUT2D eigenvalue weighted by Gasteiger charge is 2.53. The minimum Gasteiger partial charge on any atom is -0.480 e. The van der Waals surface area contributed by atoms with Crippen molar-refractivity contribution in [2.75, 3.05) is 6.61 Å². The molecule has 5 heteroatoms. The number of hydrogen-bond donors (Lipinski definition) is 1. The van der Waals surface area contributed by atoms with E-state index in [9.17, 15) is 14.7 Å². The quantitative estimate of drug-likeness (QED) is 0.911. The van der Waals surface area contributed by atoms with Crippen molar-refractivity contribution in [1.29, 1.82) is 0 Å². The average Bonchev–Trinajstić information content (AvgIpc) is 2.90. The van der Waals surface area contributed by atoms with Crippen molar-refractivity contribution in [1.82, 2.24) is 4.90 Å². The van der Waals surface area contributed by atoms with Crippen LogP contribution in [-0.4, -0.2) is 40.3 Å². The van der Waals surface area contributed by atoms with E-state index in [0.29, 0.717) is 24.3 Å². The van der Waals surface area contributed by atoms with Gasteiger partial charge in [-0.15, -0.1) is 0 Å². The van der Waals surface area contributed by atoms with Crippen LogP contribution in [-0.2, 0) is 9.53 Å². The molecule has 0 bridgehead atoms. The second-order valence-corrected chi connectivity index (χ2v) is 6.78. The number of carboxylic acids is 1. The summed E-state index contributed by atoms with van der Waals surface area (Å²) in [5.74, 6) is -0.645. The van der Waals surface area contributed by atoms with Crippen LogP contribution in [0.25, 0.3) is 0 Å². The first kappa shape index (κ1) is 16.0. The van der Waals surface area contributed by atoms with Crippen LogP contribution in [0, 0.1) is 12.8 Å². The van der Waals surface area contributed by atoms with Gasteiger partial charge >= 0.3 is 5.97 Å². The SMILES string of the molecule is Cc1ccccc1C(=O)N1C(C(=O)O)COC12CCC(C)CC2. The Morgan fingerprint density at radius 2 is 1.91 bits per heavy atom. The number of carbonyl (C=O) groups is 2. The molecule has 23 heavy (non-hydrogen) atoms. The van der Waals surface area contributed by atoms with E-state index < -0.39 is 17.7 Å². The van der Waals surface area contributed by atoms with E-state index in [1.54, 1.807) is 6.07 Å². The zero-order valence-corrected chi connectivity index (χ0v) is 13.6. The topological polar surface area (TPSA) is 66.8 Å². The molecule has 1 saturated carbocycles. The van der Waals surface area contributed by atoms with Crippen LogP contribution in [0.2, 0.25) is 0 Å². The van der Waals surface area contributed by atoms with Crippen molar-refractivity contribution in [2.24, 2.45) is 5.92 Å². The van der Waals surface area contributed by atoms with Crippen molar-refractivity contribution >= 4 is 11.9 Å². The largest absolute Gasteiger partial charge is 0.480 e. The lowest BCUT2D eigenvalue weighted by Crippen LogP contribution is -2.55. The summed E-state index contributed by atoms with van der Waals surface area (Å²) < 4.78 is 5.92. The van der Waals surface area contributed by atoms with Gasteiger partial charge in [-0.05, 0) is 50.2 Å². The first-order valence-electron chi connectivity index (χ1n) is 8.21. The second kappa shape index (κ2) is 5.96. The first-order valence-corrected chi connectivity index (χ1v) is 8.21. The molecule has 1 atom stereocenters. The van der Waals surface area contributed by atoms with Crippen LogP contribution in [0.4, 0.5) is 0 Å². The summed E-state index contributed by atoms with van der Waals surface area (Å²) in [6.45, 7) is 4.13. The lowest BCUT2D eigenvalue weighted by atomic mass is 9.83. The molecule has 1 aromatic carbocycles. The minimum absolute atomic E-state index is 0.0708. The van der Waals surface area contributed by atoms with Gasteiger partial charge in [0.1, 0.15) is 5.72 Å². The number of carboxylic acid groups (broad SMARTS) is 1. The lowest BCUT2D eigenvalue weighted by molar-refractivity contribution is -0.143. The molecule has 5 nitrogen and oxygen atoms in total. The molecule has 1 saturated heterocycles. The summed E-state index contributed by atoms with van der Waals surface area (Å²) in [6, 6.07) is 6.40. The van der Waals surface area contributed by atoms with Crippen LogP contribution in [0.15, 0.2) is 24.3 Å². The van der Waals surface area contributed by atoms with Gasteiger partial charge in [0.15, 0.2) is 6.04 Å². The molecule has 1 aromatic rings. The molecule has 3 rings (SSSR count). The Balaban J connectivity index is 1.98. The number of aliphatic carboxylic acids is 1. The summed E-state index contributed by atoms with van der Waals surface area (Å²) in [6.07, 6.45) is 3.30. The van der Waals surface area contributed by atoms with Crippen LogP contribution >= 0.6 is 0 Å². The van der Waals surface area contributed by atoms with E-state index in [1.807, 2.05) is 25.1 Å². The summed E-state index contributed by atoms with van der Waals surface area (Å²) >= 11 is 0. The Morgan fingerprint density at radius 1 is 1.26 bits per heavy atom. The van der Waals surface area contributed by atoms with Crippen LogP contribution in [0.5, 0.6) is 0 Å². The highest BCUT2D eigenvalue weighted by Crippen LogP contribution is 2.43. The van der Waals surface area contributed by atoms with Gasteiger partial charge in [-0.2, -0.15) is 0 Å². The third-order valence-corrected chi connectivity index (χ3v) is 5.20. The number of rotatable bonds is 2. The number of benzene rings is 1. The smallest absolute Gasteiger partial charge is 0.328 e. The Morgan fingerprint density at radius 3 is 2.52 bits per heavy atom. The maximum absolute atomic E-state index is 13.1. The molecular weight excluding hydrogens is 294 g/mol. The van der Waals surface area contributed by atoms with Gasteiger partial charge in [0.2, 0.25) is 0 Å². The lowest BCUT2D eigenvalue weighted by Gasteiger charge is -2.42. The molecule has 124 valence electrons. The van der Waals surface area contributed by atoms with Gasteiger partial charge in [-0.25, -0.2) is 4.79 Å². The maximum Gasteiger partial charge on any atom is 0.328 e. The molecule has 0 radical (unpaired) electrons. The van der Waals surface area contributed by atoms with Gasteiger partial charge in [0, 0.05) is 5.56 Å². The Labute approximate surface area is 136 Å². The predicted molar refractivity (Wildman–Crippen MR) is 85.1 cm³/mol. The van der Waals surface area contributed by atoms with E-state index in [4.69, 9.17) is 4.74 Å². The zero-order chi connectivity index (χ0) is 16.6. The standard InChI is InChI=1S/C18H23NO4/c1-12-7-9-18(10-8-12)19(15(11-23-18)17(21)22)16(20)14-6-4-3-5-13(14)2/h3-6,12,15H,7-11H2,1-2H3,(H,21,22). The normalized spacial score (nSPS) is 30.6. The van der Waals surface area contributed by atoms with E-state index >= 15 is 0 Å². The highest BCUT2D eigenvalue weighted by atomic mass is 16.5. The molecule has 2 fully saturated rings. The average molecular weight is 317 g/mol. The van der Waals surface area contributed by atoms with Crippen molar-refractivity contribution in [3.63, 3.8) is 0 Å². The molecule has 1 aliphatic heterocycles. The van der Waals surface area contributed by atoms with Crippen LogP contribution in [0.1, 0.15) is 48.5 Å². The second-order valence-electron chi connectivity index (χ2n) is 6.78. The highest BCUT2D eigenvalue weighted by molar-refractivity contribution is 5.98. The van der Waals surface area contributed by atoms with Gasteiger partial charge < -0.3 is 9.84 Å². The first-order chi connectivity index (χ1) is 10.9. The van der Waals surface area contributed by atoms with Crippen molar-refractivity contribution in [3.8, 4) is 0 Å². The van der Waals surface area contributed by atoms with Gasteiger partial charge in [-0.1, -0.05) is 25.1 Å². The van der Waals surface area contributed by atoms with Gasteiger partial charge in [0.05, 0.1) is 6.61 Å². The molecule has 0 aromatic heterocycles. The van der Waals surface area contributed by atoms with E-state index in [0.717, 1.165) is 18.4 Å². The molecule has 1 heterocycles. The summed E-state index contributed by atoms with van der Waals surface area (Å²) in [5.41, 5.74) is 0.657. The van der Waals surface area contributed by atoms with E-state index in [1.165, 1.54) is 4.90 Å². The minimum atomic E-state index is -0.998. The van der Waals surface area contributed by atoms with E-state index in [2.05, 4.69) is 6.92 Å². The third-order valence-electron chi connectivity index (χ3n) is 5.20. The Hall–Kier alpha value is -1.88. The van der Waals surface area contributed by atoms with E-state index in [-0.39, 0.29) is 12.5 Å². The molecule has 2 aliphatic rings. The molecular formula is C18H23NO4. The zero-order valence-electron chi connectivity index (χ0n) is 13.6. The molecule has 1 spiro atoms. The van der Waals surface area contributed by atoms with Crippen LogP contribution in [0.3, 0.4) is 0 Å². The maximum atomic E-state index is 13.1. The van der Waals surface area contributed by atoms with Crippen LogP contribution < -0.4 is 0 Å². The fourth-order valence-electron chi connectivity index (χ4n) is 3.71. The molecule has 1 aliphatic carbocycles. The third kappa shape index (κ3) is 2.74. The molecule has 1 N–H and O–H groups in total. The Bertz CT molecular complexity index is 619. The van der Waals surface area contributed by atoms with Gasteiger partial charge in [-0.3, -0.25) is 9.69 Å². The number of carbonyl (C=O) groups excluding carboxylic acids is 1. The number of nitrogens with zero attached hydrogens (tertiary/aromatic N) is 1. The van der Waals surface area contributed by atoms with Crippen molar-refractivity contribution < 1.29 is 19.4 Å². The number of hydrogen-bond acceptors (Lipinski definition) is 3. The molecule has 1 unspecified atom stereocenters. The number of ether oxygens (including phenoxy) is 1. The summed E-state index contributed by atoms with van der Waals surface area (Å²) in [4.78, 5) is 26.3. The number of aryl methyl sites for hydroxylation is 1. The van der Waals surface area contributed by atoms with Gasteiger partial charge in [0.25, 0.3) is 5.91 Å². The predicted octanol–water partition coefficient (Wildman–Crippen LogP) is 2.83. The van der Waals surface area contributed by atoms with Crippen molar-refractivity contribution in [3.05, 3.63) is 35.4 Å². The fraction of sp³-hybridized carbons (Fsp3) is 0.556. The summed E-state index contributed by atoms with van der Waals surface area (Å²) in [7, 11) is 0. The summed E-state index contributed by atoms with van der Waals surface area (Å²) in [5, 5.41) is 9.54. The number of amides is 1. The fourth-order valence-corrected chi connectivity index (χ4v) is 3.71. The van der Waals surface area contributed by atoms with Crippen molar-refractivity contribution in [2.45, 2.75) is 51.3 Å². The Kier molecular flexibility index (Phi) is 4.15.